The Morgan fingerprint density at radius 2 is 1.91 bits per heavy atom. The molecule has 7 nitrogen and oxygen atoms in total. The van der Waals surface area contributed by atoms with Crippen molar-refractivity contribution >= 4 is 37.3 Å². The molecule has 2 aromatic rings. The monoisotopic (exact) mass is 386 g/mol. The lowest BCUT2D eigenvalue weighted by Crippen LogP contribution is -2.14. The molecule has 0 amide bonds. The third-order valence-electron chi connectivity index (χ3n) is 2.77. The highest BCUT2D eigenvalue weighted by Crippen LogP contribution is 2.31. The van der Waals surface area contributed by atoms with E-state index in [-0.39, 0.29) is 16.3 Å². The summed E-state index contributed by atoms with van der Waals surface area (Å²) in [4.78, 5) is 9.94. The number of sulfonamides is 1. The summed E-state index contributed by atoms with van der Waals surface area (Å²) in [5.74, 6) is -0.103. The number of anilines is 1. The molecule has 0 aromatic heterocycles. The fourth-order valence-corrected chi connectivity index (χ4v) is 3.48. The number of nitrogens with zero attached hydrogens (tertiary/aromatic N) is 1. The molecule has 9 heteroatoms. The van der Waals surface area contributed by atoms with Crippen LogP contribution in [0.15, 0.2) is 51.8 Å². The van der Waals surface area contributed by atoms with Gasteiger partial charge in [0.15, 0.2) is 0 Å². The van der Waals surface area contributed by atoms with Gasteiger partial charge < -0.3 is 4.74 Å². The highest BCUT2D eigenvalue weighted by molar-refractivity contribution is 9.10. The predicted molar refractivity (Wildman–Crippen MR) is 84.6 cm³/mol. The van der Waals surface area contributed by atoms with E-state index in [1.54, 1.807) is 24.3 Å². The fourth-order valence-electron chi connectivity index (χ4n) is 1.74. The summed E-state index contributed by atoms with van der Waals surface area (Å²) < 4.78 is 32.8. The van der Waals surface area contributed by atoms with Gasteiger partial charge in [-0.25, -0.2) is 8.42 Å². The van der Waals surface area contributed by atoms with Crippen LogP contribution in [0.3, 0.4) is 0 Å². The zero-order chi connectivity index (χ0) is 16.3. The molecule has 1 N–H and O–H groups in total. The number of halogens is 1. The van der Waals surface area contributed by atoms with Gasteiger partial charge in [0.25, 0.3) is 15.7 Å². The lowest BCUT2D eigenvalue weighted by Gasteiger charge is -2.12. The van der Waals surface area contributed by atoms with Gasteiger partial charge in [-0.1, -0.05) is 12.1 Å². The largest absolute Gasteiger partial charge is 0.495 e. The van der Waals surface area contributed by atoms with E-state index in [1.807, 2.05) is 0 Å². The molecule has 2 aromatic carbocycles. The van der Waals surface area contributed by atoms with Crippen molar-refractivity contribution in [2.45, 2.75) is 4.90 Å². The molecule has 2 rings (SSSR count). The molecule has 0 aliphatic rings. The van der Waals surface area contributed by atoms with Crippen LogP contribution >= 0.6 is 15.9 Å². The molecule has 0 unspecified atom stereocenters. The summed E-state index contributed by atoms with van der Waals surface area (Å²) in [6, 6.07) is 10.00. The van der Waals surface area contributed by atoms with Crippen molar-refractivity contribution in [1.82, 2.24) is 0 Å². The maximum atomic E-state index is 12.4. The summed E-state index contributed by atoms with van der Waals surface area (Å²) in [5, 5.41) is 10.7. The average molecular weight is 387 g/mol. The smallest absolute Gasteiger partial charge is 0.273 e. The molecule has 116 valence electrons. The van der Waals surface area contributed by atoms with Crippen molar-refractivity contribution in [3.05, 3.63) is 57.1 Å². The van der Waals surface area contributed by atoms with Crippen molar-refractivity contribution in [3.8, 4) is 5.75 Å². The highest BCUT2D eigenvalue weighted by Gasteiger charge is 2.23. The maximum absolute atomic E-state index is 12.4. The van der Waals surface area contributed by atoms with Crippen LogP contribution in [0, 0.1) is 10.1 Å². The van der Waals surface area contributed by atoms with Gasteiger partial charge in [-0.05, 0) is 34.1 Å². The molecule has 0 saturated heterocycles. The number of nitrogens with one attached hydrogen (secondary N) is 1. The van der Waals surface area contributed by atoms with Crippen molar-refractivity contribution in [2.75, 3.05) is 11.8 Å². The third-order valence-corrected chi connectivity index (χ3v) is 4.86. The van der Waals surface area contributed by atoms with Gasteiger partial charge >= 0.3 is 0 Å². The van der Waals surface area contributed by atoms with E-state index in [9.17, 15) is 18.5 Å². The molecule has 0 saturated carbocycles. The van der Waals surface area contributed by atoms with Crippen LogP contribution in [0.2, 0.25) is 0 Å². The Morgan fingerprint density at radius 3 is 2.50 bits per heavy atom. The minimum atomic E-state index is -3.95. The number of non-ortho nitro benzene ring substituents is 1. The number of methoxy groups -OCH3 is 1. The second-order valence-corrected chi connectivity index (χ2v) is 6.68. The molecule has 0 aliphatic carbocycles. The minimum absolute atomic E-state index is 0.103. The first-order valence-electron chi connectivity index (χ1n) is 5.95. The normalized spacial score (nSPS) is 11.0. The van der Waals surface area contributed by atoms with Crippen LogP contribution < -0.4 is 9.46 Å². The van der Waals surface area contributed by atoms with Gasteiger partial charge in [-0.2, -0.15) is 0 Å². The van der Waals surface area contributed by atoms with E-state index in [4.69, 9.17) is 4.74 Å². The van der Waals surface area contributed by atoms with Crippen molar-refractivity contribution in [1.29, 1.82) is 0 Å². The van der Waals surface area contributed by atoms with E-state index >= 15 is 0 Å². The van der Waals surface area contributed by atoms with Gasteiger partial charge in [0, 0.05) is 10.5 Å². The Balaban J connectivity index is 2.45. The summed E-state index contributed by atoms with van der Waals surface area (Å²) in [5.41, 5.74) is 0.0968. The van der Waals surface area contributed by atoms with E-state index < -0.39 is 14.9 Å². The fraction of sp³-hybridized carbons (Fsp3) is 0.0769. The second kappa shape index (κ2) is 6.32. The summed E-state index contributed by atoms with van der Waals surface area (Å²) in [6.07, 6.45) is 0. The summed E-state index contributed by atoms with van der Waals surface area (Å²) >= 11 is 3.24. The van der Waals surface area contributed by atoms with Crippen LogP contribution in [-0.2, 0) is 10.0 Å². The Hall–Kier alpha value is -2.13. The van der Waals surface area contributed by atoms with Gasteiger partial charge in [0.1, 0.15) is 10.6 Å². The van der Waals surface area contributed by atoms with E-state index in [0.717, 1.165) is 18.2 Å². The van der Waals surface area contributed by atoms with Crippen LogP contribution in [-0.4, -0.2) is 20.5 Å². The maximum Gasteiger partial charge on any atom is 0.273 e. The first-order valence-corrected chi connectivity index (χ1v) is 8.22. The Bertz CT molecular complexity index is 823. The van der Waals surface area contributed by atoms with Gasteiger partial charge in [0.05, 0.1) is 23.8 Å². The number of rotatable bonds is 5. The molecular formula is C13H11BrN2O5S. The molecule has 0 heterocycles. The molecule has 0 fully saturated rings. The van der Waals surface area contributed by atoms with Crippen molar-refractivity contribution < 1.29 is 18.1 Å². The Labute approximate surface area is 135 Å². The van der Waals surface area contributed by atoms with Crippen LogP contribution in [0.5, 0.6) is 5.75 Å². The van der Waals surface area contributed by atoms with Gasteiger partial charge in [-0.15, -0.1) is 0 Å². The lowest BCUT2D eigenvalue weighted by atomic mass is 10.3. The molecule has 0 atom stereocenters. The topological polar surface area (TPSA) is 98.5 Å². The van der Waals surface area contributed by atoms with E-state index in [0.29, 0.717) is 10.2 Å². The lowest BCUT2D eigenvalue weighted by molar-refractivity contribution is -0.385. The van der Waals surface area contributed by atoms with E-state index in [1.165, 1.54) is 7.11 Å². The van der Waals surface area contributed by atoms with Crippen LogP contribution in [0.1, 0.15) is 0 Å². The number of hydrogen-bond acceptors (Lipinski definition) is 5. The molecule has 0 radical (unpaired) electrons. The number of ether oxygens (including phenoxy) is 1. The predicted octanol–water partition coefficient (Wildman–Crippen LogP) is 3.17. The molecule has 22 heavy (non-hydrogen) atoms. The molecule has 0 spiro atoms. The average Bonchev–Trinajstić information content (AvgIpc) is 2.48. The van der Waals surface area contributed by atoms with Crippen LogP contribution in [0.4, 0.5) is 11.4 Å². The molecule has 0 bridgehead atoms. The Kier molecular flexibility index (Phi) is 4.67. The quantitative estimate of drug-likeness (QED) is 0.628. The van der Waals surface area contributed by atoms with Crippen molar-refractivity contribution in [2.24, 2.45) is 0 Å². The summed E-state index contributed by atoms with van der Waals surface area (Å²) in [7, 11) is -2.70. The first-order chi connectivity index (χ1) is 10.3. The van der Waals surface area contributed by atoms with Gasteiger partial charge in [-0.3, -0.25) is 14.8 Å². The number of benzene rings is 2. The highest BCUT2D eigenvalue weighted by atomic mass is 79.9. The number of para-hydroxylation sites is 1. The zero-order valence-corrected chi connectivity index (χ0v) is 13.7. The van der Waals surface area contributed by atoms with Crippen molar-refractivity contribution in [3.63, 3.8) is 0 Å². The minimum Gasteiger partial charge on any atom is -0.495 e. The van der Waals surface area contributed by atoms with Gasteiger partial charge in [0.2, 0.25) is 0 Å². The Morgan fingerprint density at radius 1 is 1.23 bits per heavy atom. The molecule has 0 aliphatic heterocycles. The number of hydrogen-bond donors (Lipinski definition) is 1. The second-order valence-electron chi connectivity index (χ2n) is 4.18. The number of nitro benzene ring substituents is 1. The van der Waals surface area contributed by atoms with Crippen LogP contribution in [0.25, 0.3) is 0 Å². The van der Waals surface area contributed by atoms with E-state index in [2.05, 4.69) is 20.7 Å². The third kappa shape index (κ3) is 3.37. The number of nitro groups is 1. The molecular weight excluding hydrogens is 376 g/mol. The standard InChI is InChI=1S/C13H11BrN2O5S/c1-21-12-8-9(16(17)18)6-7-13(12)22(19,20)15-11-5-3-2-4-10(11)14/h2-8,15H,1H3. The SMILES string of the molecule is COc1cc([N+](=O)[O-])ccc1S(=O)(=O)Nc1ccccc1Br. The first kappa shape index (κ1) is 16.2. The summed E-state index contributed by atoms with van der Waals surface area (Å²) in [6.45, 7) is 0. The zero-order valence-electron chi connectivity index (χ0n) is 11.3.